The molecule has 10 heteroatoms. The fourth-order valence-corrected chi connectivity index (χ4v) is 0.795. The van der Waals surface area contributed by atoms with Gasteiger partial charge in [0.1, 0.15) is 6.67 Å². The monoisotopic (exact) mass is 256 g/mol. The van der Waals surface area contributed by atoms with E-state index in [1.807, 2.05) is 6.92 Å². The highest BCUT2D eigenvalue weighted by Crippen LogP contribution is 1.74. The third kappa shape index (κ3) is 7.73. The Morgan fingerprint density at radius 2 is 1.28 bits per heavy atom. The summed E-state index contributed by atoms with van der Waals surface area (Å²) >= 11 is 0. The van der Waals surface area contributed by atoms with Crippen LogP contribution in [0, 0.1) is 0 Å². The lowest BCUT2D eigenvalue weighted by Gasteiger charge is -2.04. The van der Waals surface area contributed by atoms with E-state index >= 15 is 0 Å². The predicted molar refractivity (Wildman–Crippen MR) is 74.1 cm³/mol. The third-order valence-corrected chi connectivity index (χ3v) is 1.56. The Bertz CT molecular complexity index is 366. The van der Waals surface area contributed by atoms with Crippen molar-refractivity contribution in [3.05, 3.63) is 0 Å². The van der Waals surface area contributed by atoms with E-state index < -0.39 is 0 Å². The highest BCUT2D eigenvalue weighted by Gasteiger charge is 1.94. The molecule has 0 aliphatic rings. The van der Waals surface area contributed by atoms with Gasteiger partial charge in [-0.1, -0.05) is 0 Å². The minimum Gasteiger partial charge on any atom is -0.370 e. The van der Waals surface area contributed by atoms with Gasteiger partial charge in [0, 0.05) is 13.6 Å². The van der Waals surface area contributed by atoms with Crippen molar-refractivity contribution in [3.8, 4) is 0 Å². The van der Waals surface area contributed by atoms with Gasteiger partial charge in [-0.3, -0.25) is 20.6 Å². The van der Waals surface area contributed by atoms with Crippen molar-refractivity contribution < 1.29 is 0 Å². The number of nitrogens with zero attached hydrogens (tertiary/aromatic N) is 4. The maximum Gasteiger partial charge on any atom is 0.197 e. The van der Waals surface area contributed by atoms with Crippen molar-refractivity contribution >= 4 is 23.8 Å². The Morgan fingerprint density at radius 3 is 1.72 bits per heavy atom. The molecule has 10 N–H and O–H groups in total. The van der Waals surface area contributed by atoms with Crippen LogP contribution in [0.4, 0.5) is 0 Å². The van der Waals surface area contributed by atoms with Crippen LogP contribution in [-0.4, -0.2) is 44.1 Å². The second kappa shape index (κ2) is 8.61. The van der Waals surface area contributed by atoms with Gasteiger partial charge >= 0.3 is 0 Å². The topological polar surface area (TPSA) is 178 Å². The molecular formula is C8H20N10. The van der Waals surface area contributed by atoms with Crippen LogP contribution in [0.25, 0.3) is 0 Å². The van der Waals surface area contributed by atoms with Gasteiger partial charge in [-0.2, -0.15) is 0 Å². The normalized spacial score (nSPS) is 14.6. The minimum absolute atomic E-state index is 0.0219. The maximum absolute atomic E-state index is 5.52. The zero-order valence-electron chi connectivity index (χ0n) is 10.5. The number of rotatable bonds is 3. The summed E-state index contributed by atoms with van der Waals surface area (Å²) in [6.07, 6.45) is 0. The van der Waals surface area contributed by atoms with Gasteiger partial charge in [-0.25, -0.2) is 9.98 Å². The van der Waals surface area contributed by atoms with Crippen LogP contribution in [0.1, 0.15) is 6.92 Å². The Morgan fingerprint density at radius 1 is 0.833 bits per heavy atom. The van der Waals surface area contributed by atoms with Crippen molar-refractivity contribution in [2.75, 3.05) is 20.3 Å². The van der Waals surface area contributed by atoms with E-state index in [2.05, 4.69) is 30.6 Å². The molecule has 0 fully saturated rings. The largest absolute Gasteiger partial charge is 0.370 e. The Labute approximate surface area is 105 Å². The van der Waals surface area contributed by atoms with Crippen molar-refractivity contribution in [1.82, 2.24) is 10.6 Å². The van der Waals surface area contributed by atoms with Crippen LogP contribution in [0.5, 0.6) is 0 Å². The van der Waals surface area contributed by atoms with Crippen LogP contribution in [0.15, 0.2) is 20.0 Å². The summed E-state index contributed by atoms with van der Waals surface area (Å²) in [5, 5.41) is 5.12. The van der Waals surface area contributed by atoms with Gasteiger partial charge in [0.25, 0.3) is 0 Å². The summed E-state index contributed by atoms with van der Waals surface area (Å²) in [5.74, 6) is 0.532. The van der Waals surface area contributed by atoms with Crippen molar-refractivity contribution in [1.29, 1.82) is 0 Å². The summed E-state index contributed by atoms with van der Waals surface area (Å²) in [5.41, 5.74) is 21.9. The molecule has 0 radical (unpaired) electrons. The first kappa shape index (κ1) is 15.5. The van der Waals surface area contributed by atoms with Gasteiger partial charge in [-0.05, 0) is 6.92 Å². The lowest BCUT2D eigenvalue weighted by atomic mass is 10.7. The zero-order valence-corrected chi connectivity index (χ0v) is 10.5. The second-order valence-corrected chi connectivity index (χ2v) is 2.95. The van der Waals surface area contributed by atoms with E-state index in [1.54, 1.807) is 0 Å². The molecule has 0 aromatic heterocycles. The molecule has 0 saturated heterocycles. The van der Waals surface area contributed by atoms with Crippen LogP contribution < -0.4 is 33.6 Å². The molecule has 0 unspecified atom stereocenters. The molecule has 0 aromatic rings. The van der Waals surface area contributed by atoms with E-state index in [1.165, 1.54) is 7.05 Å². The zero-order chi connectivity index (χ0) is 14.0. The molecule has 18 heavy (non-hydrogen) atoms. The van der Waals surface area contributed by atoms with Gasteiger partial charge in [0.15, 0.2) is 23.8 Å². The fourth-order valence-electron chi connectivity index (χ4n) is 0.795. The van der Waals surface area contributed by atoms with Gasteiger partial charge in [-0.15, -0.1) is 0 Å². The molecule has 10 nitrogen and oxygen atoms in total. The fraction of sp³-hybridized carbons (Fsp3) is 0.500. The number of nitrogens with one attached hydrogen (secondary N) is 2. The average molecular weight is 256 g/mol. The Hall–Kier alpha value is -2.52. The van der Waals surface area contributed by atoms with E-state index in [4.69, 9.17) is 22.9 Å². The number of guanidine groups is 4. The average Bonchev–Trinajstić information content (AvgIpc) is 2.28. The first-order chi connectivity index (χ1) is 8.49. The van der Waals surface area contributed by atoms with Crippen molar-refractivity contribution in [2.45, 2.75) is 6.92 Å². The molecule has 0 rings (SSSR count). The van der Waals surface area contributed by atoms with E-state index in [0.29, 0.717) is 6.54 Å². The maximum atomic E-state index is 5.52. The highest BCUT2D eigenvalue weighted by atomic mass is 15.2. The number of hydrogen-bond donors (Lipinski definition) is 6. The summed E-state index contributed by atoms with van der Waals surface area (Å²) < 4.78 is 0. The van der Waals surface area contributed by atoms with Crippen molar-refractivity contribution in [2.24, 2.45) is 42.9 Å². The van der Waals surface area contributed by atoms with E-state index in [0.717, 1.165) is 0 Å². The molecule has 0 aromatic carbocycles. The van der Waals surface area contributed by atoms with Gasteiger partial charge in [0.2, 0.25) is 0 Å². The second-order valence-electron chi connectivity index (χ2n) is 2.95. The molecule has 0 spiro atoms. The Kier molecular flexibility index (Phi) is 7.41. The summed E-state index contributed by atoms with van der Waals surface area (Å²) in [4.78, 5) is 15.2. The van der Waals surface area contributed by atoms with E-state index in [-0.39, 0.29) is 30.5 Å². The van der Waals surface area contributed by atoms with Crippen LogP contribution in [0.3, 0.4) is 0 Å². The molecule has 0 atom stereocenters. The summed E-state index contributed by atoms with van der Waals surface area (Å²) in [6, 6.07) is 0. The first-order valence-electron chi connectivity index (χ1n) is 5.15. The third-order valence-electron chi connectivity index (χ3n) is 1.56. The molecule has 0 amide bonds. The lowest BCUT2D eigenvalue weighted by molar-refractivity contribution is 1.01. The van der Waals surface area contributed by atoms with E-state index in [9.17, 15) is 0 Å². The highest BCUT2D eigenvalue weighted by molar-refractivity contribution is 5.98. The number of hydrogen-bond acceptors (Lipinski definition) is 4. The van der Waals surface area contributed by atoms with Crippen molar-refractivity contribution in [3.63, 3.8) is 0 Å². The molecular weight excluding hydrogens is 236 g/mol. The molecule has 0 heterocycles. The molecule has 0 bridgehead atoms. The molecule has 0 aliphatic heterocycles. The van der Waals surface area contributed by atoms with Crippen LogP contribution in [-0.2, 0) is 0 Å². The lowest BCUT2D eigenvalue weighted by Crippen LogP contribution is -2.42. The minimum atomic E-state index is 0.0219. The Balaban J connectivity index is 4.22. The van der Waals surface area contributed by atoms with Gasteiger partial charge < -0.3 is 22.9 Å². The predicted octanol–water partition coefficient (Wildman–Crippen LogP) is -2.97. The summed E-state index contributed by atoms with van der Waals surface area (Å²) in [6.45, 7) is 2.42. The number of aliphatic imine (C=N–C) groups is 4. The standard InChI is InChI=1S/C8H20N10/c1-3-14-6(10)18-8(12)16-4-15-7(11)17-5(9)13-2/h3-4H2,1-2H3,(H5,9,11,13,15,17)(H5,10,12,14,16,18). The van der Waals surface area contributed by atoms with Crippen LogP contribution in [0.2, 0.25) is 0 Å². The molecule has 0 aliphatic carbocycles. The quantitative estimate of drug-likeness (QED) is 0.232. The number of nitrogens with two attached hydrogens (primary N) is 4. The molecule has 102 valence electrons. The molecule has 0 saturated carbocycles. The first-order valence-corrected chi connectivity index (χ1v) is 5.15. The smallest absolute Gasteiger partial charge is 0.197 e. The SMILES string of the molecule is CCN=C(N)NC(N)=NCN=C(N)NC(N)=NC. The summed E-state index contributed by atoms with van der Waals surface area (Å²) in [7, 11) is 1.52. The van der Waals surface area contributed by atoms with Crippen LogP contribution >= 0.6 is 0 Å². The van der Waals surface area contributed by atoms with Gasteiger partial charge in [0.05, 0.1) is 0 Å².